The molecule has 118 valence electrons. The van der Waals surface area contributed by atoms with Gasteiger partial charge in [0.1, 0.15) is 0 Å². The lowest BCUT2D eigenvalue weighted by Crippen LogP contribution is -2.11. The zero-order valence-electron chi connectivity index (χ0n) is 14.4. The summed E-state index contributed by atoms with van der Waals surface area (Å²) in [4.78, 5) is 0. The highest BCUT2D eigenvalue weighted by Crippen LogP contribution is 2.28. The van der Waals surface area contributed by atoms with E-state index in [4.69, 9.17) is 0 Å². The van der Waals surface area contributed by atoms with Crippen LogP contribution in [0.15, 0.2) is 23.3 Å². The van der Waals surface area contributed by atoms with Gasteiger partial charge in [0, 0.05) is 0 Å². The average Bonchev–Trinajstić information content (AvgIpc) is 2.47. The molecule has 0 fully saturated rings. The Bertz CT molecular complexity index is 288. The van der Waals surface area contributed by atoms with Crippen LogP contribution in [0.1, 0.15) is 79.6 Å². The fourth-order valence-corrected chi connectivity index (χ4v) is 3.32. The van der Waals surface area contributed by atoms with Gasteiger partial charge in [0.2, 0.25) is 0 Å². The van der Waals surface area contributed by atoms with Gasteiger partial charge in [0.05, 0.1) is 0 Å². The highest BCUT2D eigenvalue weighted by Gasteiger charge is 2.15. The van der Waals surface area contributed by atoms with Crippen LogP contribution < -0.4 is 0 Å². The summed E-state index contributed by atoms with van der Waals surface area (Å²) in [6.07, 6.45) is 13.4. The van der Waals surface area contributed by atoms with Gasteiger partial charge >= 0.3 is 0 Å². The van der Waals surface area contributed by atoms with E-state index in [9.17, 15) is 0 Å². The van der Waals surface area contributed by atoms with Crippen molar-refractivity contribution in [1.82, 2.24) is 0 Å². The van der Waals surface area contributed by atoms with Crippen molar-refractivity contribution in [2.75, 3.05) is 5.75 Å². The van der Waals surface area contributed by atoms with Gasteiger partial charge in [-0.25, -0.2) is 0 Å². The van der Waals surface area contributed by atoms with E-state index in [1.54, 1.807) is 11.1 Å². The predicted octanol–water partition coefficient (Wildman–Crippen LogP) is 6.83. The standard InChI is InChI=1S/C19H36S/c1-6-11-18(8-3)19(9-4)14-13-16(5)17(7-2)12-10-15-20/h6,11,16-17,20H,7-10,12-15H2,1-5H3/b11-6-,19-18+. The Kier molecular flexibility index (Phi) is 12.5. The molecule has 0 N–H and O–H groups in total. The molecule has 0 aromatic carbocycles. The Labute approximate surface area is 133 Å². The normalized spacial score (nSPS) is 16.3. The van der Waals surface area contributed by atoms with E-state index >= 15 is 0 Å². The maximum Gasteiger partial charge on any atom is -0.00978 e. The van der Waals surface area contributed by atoms with Crippen LogP contribution >= 0.6 is 12.6 Å². The zero-order chi connectivity index (χ0) is 15.4. The molecule has 0 radical (unpaired) electrons. The van der Waals surface area contributed by atoms with Gasteiger partial charge in [-0.2, -0.15) is 12.6 Å². The lowest BCUT2D eigenvalue weighted by molar-refractivity contribution is 0.306. The number of hydrogen-bond acceptors (Lipinski definition) is 1. The maximum absolute atomic E-state index is 4.35. The molecule has 0 rings (SSSR count). The van der Waals surface area contributed by atoms with E-state index < -0.39 is 0 Å². The van der Waals surface area contributed by atoms with Gasteiger partial charge in [-0.05, 0) is 68.6 Å². The summed E-state index contributed by atoms with van der Waals surface area (Å²) in [5, 5.41) is 0. The first-order valence-electron chi connectivity index (χ1n) is 8.58. The molecule has 1 heteroatoms. The fourth-order valence-electron chi connectivity index (χ4n) is 3.13. The van der Waals surface area contributed by atoms with Crippen molar-refractivity contribution < 1.29 is 0 Å². The van der Waals surface area contributed by atoms with E-state index in [1.807, 2.05) is 0 Å². The fraction of sp³-hybridized carbons (Fsp3) is 0.789. The number of allylic oxidation sites excluding steroid dienone is 4. The van der Waals surface area contributed by atoms with Gasteiger partial charge in [0.25, 0.3) is 0 Å². The summed E-state index contributed by atoms with van der Waals surface area (Å²) in [6, 6.07) is 0. The van der Waals surface area contributed by atoms with Crippen molar-refractivity contribution in [1.29, 1.82) is 0 Å². The van der Waals surface area contributed by atoms with Crippen LogP contribution in [-0.4, -0.2) is 5.75 Å². The monoisotopic (exact) mass is 296 g/mol. The predicted molar refractivity (Wildman–Crippen MR) is 97.7 cm³/mol. The molecule has 0 saturated carbocycles. The van der Waals surface area contributed by atoms with Crippen LogP contribution in [0.2, 0.25) is 0 Å². The Morgan fingerprint density at radius 3 is 2.25 bits per heavy atom. The molecule has 0 nitrogen and oxygen atoms in total. The van der Waals surface area contributed by atoms with Crippen LogP contribution in [0, 0.1) is 11.8 Å². The molecule has 2 unspecified atom stereocenters. The lowest BCUT2D eigenvalue weighted by atomic mass is 9.83. The minimum Gasteiger partial charge on any atom is -0.179 e. The van der Waals surface area contributed by atoms with E-state index in [0.717, 1.165) is 17.6 Å². The molecule has 0 heterocycles. The SMILES string of the molecule is C/C=C\C(CC)=C(/CC)CCC(C)C(CC)CCCS. The second-order valence-electron chi connectivity index (χ2n) is 5.89. The van der Waals surface area contributed by atoms with Crippen LogP contribution in [0.4, 0.5) is 0 Å². The van der Waals surface area contributed by atoms with Crippen molar-refractivity contribution in [3.05, 3.63) is 23.3 Å². The van der Waals surface area contributed by atoms with Crippen LogP contribution in [0.25, 0.3) is 0 Å². The van der Waals surface area contributed by atoms with Gasteiger partial charge in [-0.3, -0.25) is 0 Å². The summed E-state index contributed by atoms with van der Waals surface area (Å²) in [5.74, 6) is 2.75. The number of rotatable bonds is 11. The van der Waals surface area contributed by atoms with Gasteiger partial charge in [-0.15, -0.1) is 0 Å². The lowest BCUT2D eigenvalue weighted by Gasteiger charge is -2.23. The van der Waals surface area contributed by atoms with E-state index in [-0.39, 0.29) is 0 Å². The van der Waals surface area contributed by atoms with Crippen LogP contribution in [0.5, 0.6) is 0 Å². The van der Waals surface area contributed by atoms with Gasteiger partial charge in [-0.1, -0.05) is 51.8 Å². The quantitative estimate of drug-likeness (QED) is 0.313. The molecule has 2 atom stereocenters. The summed E-state index contributed by atoms with van der Waals surface area (Å²) in [7, 11) is 0. The Balaban J connectivity index is 4.54. The second kappa shape index (κ2) is 12.6. The molecule has 0 bridgehead atoms. The molecule has 0 aliphatic carbocycles. The molecular formula is C19H36S. The third-order valence-corrected chi connectivity index (χ3v) is 4.91. The third kappa shape index (κ3) is 7.57. The molecule has 0 aliphatic rings. The van der Waals surface area contributed by atoms with Crippen molar-refractivity contribution in [2.45, 2.75) is 79.6 Å². The number of thiol groups is 1. The highest BCUT2D eigenvalue weighted by atomic mass is 32.1. The highest BCUT2D eigenvalue weighted by molar-refractivity contribution is 7.80. The van der Waals surface area contributed by atoms with E-state index in [0.29, 0.717) is 0 Å². The first kappa shape index (κ1) is 19.8. The summed E-state index contributed by atoms with van der Waals surface area (Å²) >= 11 is 4.35. The zero-order valence-corrected chi connectivity index (χ0v) is 15.3. The van der Waals surface area contributed by atoms with Crippen molar-refractivity contribution >= 4 is 12.6 Å². The largest absolute Gasteiger partial charge is 0.179 e. The molecule has 0 saturated heterocycles. The molecule has 0 aliphatic heterocycles. The van der Waals surface area contributed by atoms with Gasteiger partial charge < -0.3 is 0 Å². The molecular weight excluding hydrogens is 260 g/mol. The third-order valence-electron chi connectivity index (χ3n) is 4.59. The van der Waals surface area contributed by atoms with Crippen LogP contribution in [-0.2, 0) is 0 Å². The minimum absolute atomic E-state index is 0.838. The first-order valence-corrected chi connectivity index (χ1v) is 9.22. The molecule has 20 heavy (non-hydrogen) atoms. The summed E-state index contributed by atoms with van der Waals surface area (Å²) in [6.45, 7) is 11.5. The Hall–Kier alpha value is -0.170. The Morgan fingerprint density at radius 1 is 1.10 bits per heavy atom. The average molecular weight is 297 g/mol. The van der Waals surface area contributed by atoms with E-state index in [1.165, 1.54) is 44.9 Å². The molecule has 0 aromatic rings. The number of hydrogen-bond donors (Lipinski definition) is 1. The van der Waals surface area contributed by atoms with Crippen molar-refractivity contribution in [2.24, 2.45) is 11.8 Å². The smallest absolute Gasteiger partial charge is 0.00978 e. The van der Waals surface area contributed by atoms with Crippen molar-refractivity contribution in [3.63, 3.8) is 0 Å². The molecule has 0 spiro atoms. The minimum atomic E-state index is 0.838. The summed E-state index contributed by atoms with van der Waals surface area (Å²) in [5.41, 5.74) is 3.23. The first-order chi connectivity index (χ1) is 9.64. The van der Waals surface area contributed by atoms with Gasteiger partial charge in [0.15, 0.2) is 0 Å². The molecule has 0 amide bonds. The topological polar surface area (TPSA) is 0 Å². The van der Waals surface area contributed by atoms with Crippen molar-refractivity contribution in [3.8, 4) is 0 Å². The van der Waals surface area contributed by atoms with Crippen LogP contribution in [0.3, 0.4) is 0 Å². The summed E-state index contributed by atoms with van der Waals surface area (Å²) < 4.78 is 0. The molecule has 0 aromatic heterocycles. The Morgan fingerprint density at radius 2 is 1.80 bits per heavy atom. The van der Waals surface area contributed by atoms with E-state index in [2.05, 4.69) is 59.4 Å². The maximum atomic E-state index is 4.35. The second-order valence-corrected chi connectivity index (χ2v) is 6.33.